The molecule has 2 aliphatic rings. The number of hydrogen-bond donors (Lipinski definition) is 5. The number of para-hydroxylation sites is 1. The van der Waals surface area contributed by atoms with Crippen molar-refractivity contribution in [3.8, 4) is 22.5 Å². The molecule has 77 heavy (non-hydrogen) atoms. The van der Waals surface area contributed by atoms with Gasteiger partial charge in [0.25, 0.3) is 0 Å². The summed E-state index contributed by atoms with van der Waals surface area (Å²) in [5, 5.41) is 24.4. The zero-order chi connectivity index (χ0) is 54.9. The first-order valence-corrected chi connectivity index (χ1v) is 28.3. The Labute approximate surface area is 450 Å². The number of hydrogen-bond acceptors (Lipinski definition) is 18. The summed E-state index contributed by atoms with van der Waals surface area (Å²) < 4.78 is 71.5. The molecule has 0 radical (unpaired) electrons. The van der Waals surface area contributed by atoms with Gasteiger partial charge in [0.05, 0.1) is 136 Å². The van der Waals surface area contributed by atoms with Crippen molar-refractivity contribution < 1.29 is 85.4 Å². The minimum atomic E-state index is -2.77. The van der Waals surface area contributed by atoms with E-state index < -0.39 is 28.7 Å². The van der Waals surface area contributed by atoms with Crippen molar-refractivity contribution in [1.29, 1.82) is 0 Å². The van der Waals surface area contributed by atoms with Crippen molar-refractivity contribution in [2.45, 2.75) is 83.0 Å². The van der Waals surface area contributed by atoms with E-state index in [9.17, 15) is 33.4 Å². The van der Waals surface area contributed by atoms with Crippen LogP contribution in [0.25, 0.3) is 22.5 Å². The van der Waals surface area contributed by atoms with Gasteiger partial charge in [-0.15, -0.1) is 23.9 Å². The van der Waals surface area contributed by atoms with E-state index in [0.29, 0.717) is 143 Å². The first-order valence-electron chi connectivity index (χ1n) is 26.1. The molecule has 1 saturated heterocycles. The zero-order valence-electron chi connectivity index (χ0n) is 43.6. The van der Waals surface area contributed by atoms with Gasteiger partial charge in [0.15, 0.2) is 0 Å². The first-order chi connectivity index (χ1) is 37.5. The van der Waals surface area contributed by atoms with Crippen LogP contribution in [0, 0.1) is 0 Å². The molecule has 2 aromatic carbocycles. The second-order valence-electron chi connectivity index (χ2n) is 17.7. The summed E-state index contributed by atoms with van der Waals surface area (Å²) in [6, 6.07) is 15.1. The minimum absolute atomic E-state index is 0.0232. The summed E-state index contributed by atoms with van der Waals surface area (Å²) in [4.78, 5) is 72.2. The van der Waals surface area contributed by atoms with Crippen LogP contribution in [0.4, 0.5) is 5.69 Å². The fourth-order valence-corrected chi connectivity index (χ4v) is 9.11. The molecule has 0 bridgehead atoms. The highest BCUT2D eigenvalue weighted by Crippen LogP contribution is 2.41. The fraction of sp³-hybridized carbons (Fsp3) is 0.640. The van der Waals surface area contributed by atoms with E-state index >= 15 is 0 Å². The van der Waals surface area contributed by atoms with Crippen molar-refractivity contribution >= 4 is 45.8 Å². The molecule has 2 unspecified atom stereocenters. The molecule has 4 atom stereocenters. The van der Waals surface area contributed by atoms with Crippen molar-refractivity contribution in [1.82, 2.24) is 30.5 Å². The van der Waals surface area contributed by atoms with Crippen molar-refractivity contribution in [2.75, 3.05) is 130 Å². The minimum Gasteiger partial charge on any atom is -0.394 e. The van der Waals surface area contributed by atoms with Gasteiger partial charge < -0.3 is 58.7 Å². The van der Waals surface area contributed by atoms with E-state index in [2.05, 4.69) is 25.5 Å². The lowest BCUT2D eigenvalue weighted by Crippen LogP contribution is -2.37. The number of aliphatic hydroxyl groups excluding tert-OH is 1. The van der Waals surface area contributed by atoms with Crippen molar-refractivity contribution in [3.05, 3.63) is 54.1 Å². The number of fused-ring (bicyclic) bond motifs is 5. The SMILES string of the molecule is O=C(CCCC(=O)N1Cc2ccccc2-c2nnn(CCOCCOCCOCCOCCC(=O)NCCCCCC(=O)N3C[C@H](O[P+](=O)O)C[C@H]3CO)c2-c2ccccc21)NCCOCCOCCOCCO[P+](=O)O. The van der Waals surface area contributed by atoms with Crippen LogP contribution >= 0.6 is 16.5 Å². The summed E-state index contributed by atoms with van der Waals surface area (Å²) in [5.74, 6) is -0.557. The van der Waals surface area contributed by atoms with Crippen LogP contribution in [0.3, 0.4) is 0 Å². The smallest absolute Gasteiger partial charge is 0.394 e. The monoisotopic (exact) mass is 1120 g/mol. The Hall–Kier alpha value is -4.82. The van der Waals surface area contributed by atoms with Crippen LogP contribution in [0.1, 0.15) is 63.4 Å². The molecule has 5 rings (SSSR count). The largest absolute Gasteiger partial charge is 0.695 e. The zero-order valence-corrected chi connectivity index (χ0v) is 45.4. The highest BCUT2D eigenvalue weighted by Gasteiger charge is 2.39. The Balaban J connectivity index is 0.901. The van der Waals surface area contributed by atoms with Crippen LogP contribution < -0.4 is 15.5 Å². The summed E-state index contributed by atoms with van der Waals surface area (Å²) in [5.41, 5.74) is 4.77. The van der Waals surface area contributed by atoms with Gasteiger partial charge in [-0.2, -0.15) is 0 Å². The maximum Gasteiger partial charge on any atom is 0.695 e. The van der Waals surface area contributed by atoms with Crippen LogP contribution in [0.5, 0.6) is 0 Å². The normalized spacial score (nSPS) is 15.3. The number of rotatable bonds is 41. The predicted octanol–water partition coefficient (Wildman–Crippen LogP) is 3.22. The van der Waals surface area contributed by atoms with E-state index in [1.54, 1.807) is 9.58 Å². The number of ether oxygens (including phenoxy) is 7. The molecule has 3 aromatic rings. The molecule has 27 heteroatoms. The molecule has 4 amide bonds. The van der Waals surface area contributed by atoms with E-state index in [4.69, 9.17) is 47.5 Å². The number of aliphatic hydroxyl groups is 1. The van der Waals surface area contributed by atoms with Crippen LogP contribution in [-0.4, -0.2) is 196 Å². The number of benzene rings is 2. The molecule has 3 heterocycles. The summed E-state index contributed by atoms with van der Waals surface area (Å²) in [6.45, 7) is 5.99. The highest BCUT2D eigenvalue weighted by atomic mass is 31.1. The Morgan fingerprint density at radius 3 is 1.87 bits per heavy atom. The number of amides is 4. The molecule has 0 saturated carbocycles. The maximum absolute atomic E-state index is 14.0. The number of anilines is 1. The number of carbonyl (C=O) groups is 4. The van der Waals surface area contributed by atoms with Gasteiger partial charge in [0.2, 0.25) is 23.6 Å². The average Bonchev–Trinajstić information content (AvgIpc) is 4.17. The average molecular weight is 1120 g/mol. The van der Waals surface area contributed by atoms with Gasteiger partial charge >= 0.3 is 16.5 Å². The van der Waals surface area contributed by atoms with Gasteiger partial charge in [0, 0.05) is 65.5 Å². The van der Waals surface area contributed by atoms with Gasteiger partial charge in [-0.25, -0.2) is 4.68 Å². The molecular formula is C50H75N7O18P2+2. The molecule has 25 nitrogen and oxygen atoms in total. The van der Waals surface area contributed by atoms with E-state index in [1.807, 2.05) is 48.5 Å². The van der Waals surface area contributed by atoms with Crippen LogP contribution in [0.15, 0.2) is 48.5 Å². The number of nitrogens with zero attached hydrogens (tertiary/aromatic N) is 5. The third-order valence-electron chi connectivity index (χ3n) is 12.2. The molecule has 0 aliphatic carbocycles. The molecule has 0 spiro atoms. The molecule has 1 aromatic heterocycles. The number of aromatic nitrogens is 3. The second-order valence-corrected chi connectivity index (χ2v) is 19.1. The van der Waals surface area contributed by atoms with Crippen molar-refractivity contribution in [2.24, 2.45) is 0 Å². The Morgan fingerprint density at radius 1 is 0.610 bits per heavy atom. The van der Waals surface area contributed by atoms with Crippen LogP contribution in [-0.2, 0) is 83.6 Å². The Kier molecular flexibility index (Phi) is 30.4. The van der Waals surface area contributed by atoms with Gasteiger partial charge in [-0.05, 0) is 30.9 Å². The molecule has 426 valence electrons. The second kappa shape index (κ2) is 37.1. The lowest BCUT2D eigenvalue weighted by molar-refractivity contribution is -0.133. The fourth-order valence-electron chi connectivity index (χ4n) is 8.47. The van der Waals surface area contributed by atoms with Crippen LogP contribution in [0.2, 0.25) is 0 Å². The standard InChI is InChI=1S/C50H73N7O18P2/c58-38-40-35-41(75-77(65)66)37-55(40)47(61)14-2-1-7-17-51-46(60)16-20-67-23-26-70-29-30-72-28-25-69-22-19-57-50-43-11-5-6-12-44(43)56(36-39-9-3-4-10-42(39)49(50)53-54-57)48(62)15-8-13-45(59)52-18-21-68-24-27-71-31-32-73-33-34-74-76(63)64/h3-6,9-12,40-41,58H,1-2,7-8,13-38H2,(H2-2,51,52,59,60,63,64,65,66)/p+2/t40-,41+/m0/s1. The summed E-state index contributed by atoms with van der Waals surface area (Å²) in [7, 11) is -5.40. The molecule has 1 fully saturated rings. The quantitative estimate of drug-likeness (QED) is 0.0402. The maximum atomic E-state index is 14.0. The molecule has 2 aliphatic heterocycles. The number of likely N-dealkylation sites (tertiary alicyclic amines) is 1. The summed E-state index contributed by atoms with van der Waals surface area (Å²) in [6.07, 6.45) is 2.98. The topological polar surface area (TPSA) is 307 Å². The lowest BCUT2D eigenvalue weighted by Gasteiger charge is -2.29. The van der Waals surface area contributed by atoms with Gasteiger partial charge in [-0.3, -0.25) is 19.2 Å². The first kappa shape index (κ1) is 63.0. The lowest BCUT2D eigenvalue weighted by atomic mass is 9.95. The highest BCUT2D eigenvalue weighted by molar-refractivity contribution is 7.32. The third-order valence-corrected chi connectivity index (χ3v) is 13.1. The van der Waals surface area contributed by atoms with Gasteiger partial charge in [0.1, 0.15) is 18.4 Å². The third kappa shape index (κ3) is 23.6. The van der Waals surface area contributed by atoms with E-state index in [0.717, 1.165) is 28.8 Å². The number of carbonyl (C=O) groups excluding carboxylic acids is 4. The predicted molar refractivity (Wildman–Crippen MR) is 278 cm³/mol. The van der Waals surface area contributed by atoms with E-state index in [-0.39, 0.29) is 82.3 Å². The van der Waals surface area contributed by atoms with E-state index in [1.165, 1.54) is 4.90 Å². The summed E-state index contributed by atoms with van der Waals surface area (Å²) >= 11 is 0. The number of unbranched alkanes of at least 4 members (excludes halogenated alkanes) is 2. The Bertz CT molecular complexity index is 2280. The van der Waals surface area contributed by atoms with Crippen molar-refractivity contribution in [3.63, 3.8) is 0 Å². The Morgan fingerprint density at radius 2 is 1.19 bits per heavy atom. The van der Waals surface area contributed by atoms with Gasteiger partial charge in [-0.1, -0.05) is 54.1 Å². The number of nitrogens with one attached hydrogen (secondary N) is 2. The molecule has 5 N–H and O–H groups in total. The molecular weight excluding hydrogens is 1050 g/mol.